The first-order valence-corrected chi connectivity index (χ1v) is 4.83. The van der Waals surface area contributed by atoms with Crippen molar-refractivity contribution in [1.29, 1.82) is 0 Å². The third-order valence-corrected chi connectivity index (χ3v) is 2.83. The highest BCUT2D eigenvalue weighted by atomic mass is 35.5. The standard InChI is InChI=1S/C9H12N2O2S.ClH/c1-4-3-6(12)5(2)8(7(4)13)14-9(10)11;/h3,12-13H,1-2H3,(H3,10,11);1H. The summed E-state index contributed by atoms with van der Waals surface area (Å²) in [6.45, 7) is 3.39. The van der Waals surface area contributed by atoms with Crippen molar-refractivity contribution in [2.45, 2.75) is 18.7 Å². The molecule has 1 aromatic rings. The quantitative estimate of drug-likeness (QED) is 0.183. The molecule has 4 nitrogen and oxygen atoms in total. The van der Waals surface area contributed by atoms with Gasteiger partial charge in [0.15, 0.2) is 0 Å². The van der Waals surface area contributed by atoms with Gasteiger partial charge in [0, 0.05) is 17.3 Å². The fraction of sp³-hybridized carbons (Fsp3) is 0.222. The second-order valence-electron chi connectivity index (χ2n) is 3.02. The SMILES string of the molecule is Cc1cc(O)c(C)c(SC(N)=[NH2+])c1O.[Cl-]. The third kappa shape index (κ3) is 2.94. The predicted octanol–water partition coefficient (Wildman–Crippen LogP) is -3.12. The van der Waals surface area contributed by atoms with Crippen LogP contribution in [0.1, 0.15) is 11.1 Å². The molecule has 0 radical (unpaired) electrons. The van der Waals surface area contributed by atoms with Gasteiger partial charge in [0.25, 0.3) is 0 Å². The first-order valence-electron chi connectivity index (χ1n) is 4.01. The average molecular weight is 249 g/mol. The number of nitrogens with two attached hydrogens (primary N) is 2. The van der Waals surface area contributed by atoms with Gasteiger partial charge in [-0.2, -0.15) is 0 Å². The molecule has 0 aromatic heterocycles. The summed E-state index contributed by atoms with van der Waals surface area (Å²) in [4.78, 5) is 0.502. The molecule has 0 aliphatic heterocycles. The van der Waals surface area contributed by atoms with Crippen LogP contribution in [0.2, 0.25) is 0 Å². The Bertz CT molecular complexity index is 370. The number of rotatable bonds is 1. The van der Waals surface area contributed by atoms with Crippen LogP contribution in [0.4, 0.5) is 0 Å². The smallest absolute Gasteiger partial charge is 0.304 e. The lowest BCUT2D eigenvalue weighted by atomic mass is 10.1. The zero-order chi connectivity index (χ0) is 10.9. The predicted molar refractivity (Wildman–Crippen MR) is 56.2 cm³/mol. The molecule has 0 fully saturated rings. The minimum atomic E-state index is 0. The summed E-state index contributed by atoms with van der Waals surface area (Å²) in [6, 6.07) is 1.50. The fourth-order valence-corrected chi connectivity index (χ4v) is 1.85. The lowest BCUT2D eigenvalue weighted by Gasteiger charge is -2.09. The number of aryl methyl sites for hydroxylation is 1. The molecule has 0 saturated carbocycles. The maximum atomic E-state index is 9.70. The summed E-state index contributed by atoms with van der Waals surface area (Å²) in [6.07, 6.45) is 0. The van der Waals surface area contributed by atoms with Gasteiger partial charge < -0.3 is 22.6 Å². The summed E-state index contributed by atoms with van der Waals surface area (Å²) in [5.41, 5.74) is 6.50. The van der Waals surface area contributed by atoms with Crippen LogP contribution in [0.15, 0.2) is 11.0 Å². The maximum Gasteiger partial charge on any atom is 0.304 e. The Morgan fingerprint density at radius 2 is 1.93 bits per heavy atom. The summed E-state index contributed by atoms with van der Waals surface area (Å²) < 4.78 is 0. The number of thioether (sulfide) groups is 1. The first-order chi connectivity index (χ1) is 6.43. The summed E-state index contributed by atoms with van der Waals surface area (Å²) in [5.74, 6) is 0.239. The Kier molecular flexibility index (Phi) is 4.77. The molecule has 0 aliphatic carbocycles. The second kappa shape index (κ2) is 5.14. The summed E-state index contributed by atoms with van der Waals surface area (Å²) in [5, 5.41) is 24.7. The van der Waals surface area contributed by atoms with E-state index in [0.717, 1.165) is 11.8 Å². The van der Waals surface area contributed by atoms with Crippen LogP contribution in [0, 0.1) is 13.8 Å². The minimum Gasteiger partial charge on any atom is -1.00 e. The Hall–Kier alpha value is -1.07. The number of benzene rings is 1. The van der Waals surface area contributed by atoms with E-state index in [0.29, 0.717) is 16.0 Å². The highest BCUT2D eigenvalue weighted by molar-refractivity contribution is 8.13. The van der Waals surface area contributed by atoms with Crippen molar-refractivity contribution in [3.63, 3.8) is 0 Å². The first kappa shape index (κ1) is 13.9. The molecule has 0 heterocycles. The second-order valence-corrected chi connectivity index (χ2v) is 4.10. The Morgan fingerprint density at radius 1 is 1.40 bits per heavy atom. The van der Waals surface area contributed by atoms with Crippen molar-refractivity contribution in [2.75, 3.05) is 0 Å². The number of halogens is 1. The van der Waals surface area contributed by atoms with Gasteiger partial charge in [-0.05, 0) is 25.5 Å². The van der Waals surface area contributed by atoms with Gasteiger partial charge in [-0.25, -0.2) is 0 Å². The molecular weight excluding hydrogens is 236 g/mol. The number of aromatic hydroxyl groups is 2. The fourth-order valence-electron chi connectivity index (χ4n) is 1.10. The summed E-state index contributed by atoms with van der Waals surface area (Å²) in [7, 11) is 0. The van der Waals surface area contributed by atoms with Crippen molar-refractivity contribution in [3.8, 4) is 11.5 Å². The largest absolute Gasteiger partial charge is 1.00 e. The van der Waals surface area contributed by atoms with E-state index in [4.69, 9.17) is 11.1 Å². The monoisotopic (exact) mass is 248 g/mol. The highest BCUT2D eigenvalue weighted by Crippen LogP contribution is 2.38. The van der Waals surface area contributed by atoms with Crippen LogP contribution in [0.5, 0.6) is 11.5 Å². The molecule has 1 aromatic carbocycles. The van der Waals surface area contributed by atoms with Gasteiger partial charge in [-0.1, -0.05) is 0 Å². The van der Waals surface area contributed by atoms with E-state index >= 15 is 0 Å². The zero-order valence-corrected chi connectivity index (χ0v) is 9.99. The van der Waals surface area contributed by atoms with Crippen molar-refractivity contribution in [3.05, 3.63) is 17.2 Å². The molecule has 15 heavy (non-hydrogen) atoms. The third-order valence-electron chi connectivity index (χ3n) is 1.89. The van der Waals surface area contributed by atoms with E-state index in [2.05, 4.69) is 0 Å². The Balaban J connectivity index is 0.00000196. The molecule has 0 unspecified atom stereocenters. The molecule has 6 N–H and O–H groups in total. The molecule has 6 heteroatoms. The summed E-state index contributed by atoms with van der Waals surface area (Å²) >= 11 is 1.04. The van der Waals surface area contributed by atoms with Gasteiger partial charge in [-0.3, -0.25) is 11.1 Å². The maximum absolute atomic E-state index is 9.70. The number of phenolic OH excluding ortho intramolecular Hbond substituents is 2. The van der Waals surface area contributed by atoms with Crippen LogP contribution in [-0.2, 0) is 0 Å². The minimum absolute atomic E-state index is 0. The van der Waals surface area contributed by atoms with Crippen LogP contribution in [0.25, 0.3) is 0 Å². The van der Waals surface area contributed by atoms with Crippen molar-refractivity contribution in [1.82, 2.24) is 0 Å². The Morgan fingerprint density at radius 3 is 2.40 bits per heavy atom. The molecule has 1 rings (SSSR count). The van der Waals surface area contributed by atoms with E-state index in [-0.39, 0.29) is 29.1 Å². The molecule has 0 amide bonds. The number of phenols is 2. The van der Waals surface area contributed by atoms with Crippen LogP contribution in [0.3, 0.4) is 0 Å². The van der Waals surface area contributed by atoms with Crippen LogP contribution in [-0.4, -0.2) is 15.4 Å². The molecule has 0 spiro atoms. The van der Waals surface area contributed by atoms with Gasteiger partial charge in [0.2, 0.25) is 0 Å². The van der Waals surface area contributed by atoms with Gasteiger partial charge in [-0.15, -0.1) is 0 Å². The number of amidine groups is 1. The molecule has 0 aliphatic rings. The van der Waals surface area contributed by atoms with E-state index in [1.807, 2.05) is 0 Å². The lowest BCUT2D eigenvalue weighted by Crippen LogP contribution is -3.00. The van der Waals surface area contributed by atoms with Crippen molar-refractivity contribution < 1.29 is 28.0 Å². The van der Waals surface area contributed by atoms with Crippen LogP contribution < -0.4 is 23.5 Å². The van der Waals surface area contributed by atoms with Crippen LogP contribution >= 0.6 is 11.8 Å². The average Bonchev–Trinajstić information content (AvgIpc) is 2.09. The van der Waals surface area contributed by atoms with Gasteiger partial charge in [0.1, 0.15) is 11.5 Å². The van der Waals surface area contributed by atoms with E-state index in [9.17, 15) is 10.2 Å². The molecule has 0 saturated heterocycles. The number of hydrogen-bond donors (Lipinski definition) is 4. The van der Waals surface area contributed by atoms with Crippen molar-refractivity contribution >= 4 is 16.9 Å². The molecule has 0 bridgehead atoms. The Labute approximate surface area is 98.4 Å². The molecular formula is C9H13ClN2O2S. The lowest BCUT2D eigenvalue weighted by molar-refractivity contribution is -0.110. The van der Waals surface area contributed by atoms with Gasteiger partial charge >= 0.3 is 5.17 Å². The molecule has 84 valence electrons. The normalized spacial score (nSPS) is 9.47. The van der Waals surface area contributed by atoms with E-state index in [1.165, 1.54) is 6.07 Å². The zero-order valence-electron chi connectivity index (χ0n) is 8.41. The molecule has 0 atom stereocenters. The van der Waals surface area contributed by atoms with Crippen molar-refractivity contribution in [2.24, 2.45) is 5.73 Å². The topological polar surface area (TPSA) is 92.1 Å². The van der Waals surface area contributed by atoms with E-state index < -0.39 is 0 Å². The van der Waals surface area contributed by atoms with E-state index in [1.54, 1.807) is 13.8 Å². The van der Waals surface area contributed by atoms with Gasteiger partial charge in [0.05, 0.1) is 4.90 Å². The highest BCUT2D eigenvalue weighted by Gasteiger charge is 2.15. The number of hydrogen-bond acceptors (Lipinski definition) is 3.